The molecule has 0 spiro atoms. The lowest BCUT2D eigenvalue weighted by molar-refractivity contribution is -0.142. The Bertz CT molecular complexity index is 459. The molecule has 6 atom stereocenters. The van der Waals surface area contributed by atoms with Crippen molar-refractivity contribution in [1.82, 2.24) is 5.32 Å². The zero-order valence-corrected chi connectivity index (χ0v) is 15.8. The molecule has 3 rings (SSSR count). The van der Waals surface area contributed by atoms with Gasteiger partial charge in [0.2, 0.25) is 5.91 Å². The van der Waals surface area contributed by atoms with E-state index in [2.05, 4.69) is 46.1 Å². The Morgan fingerprint density at radius 1 is 1.32 bits per heavy atom. The van der Waals surface area contributed by atoms with E-state index < -0.39 is 8.32 Å². The first-order valence-corrected chi connectivity index (χ1v) is 11.7. The third kappa shape index (κ3) is 2.76. The van der Waals surface area contributed by atoms with Crippen LogP contribution in [0.1, 0.15) is 47.0 Å². The topological polar surface area (TPSA) is 50.9 Å². The Balaban J connectivity index is 1.66. The highest BCUT2D eigenvalue weighted by molar-refractivity contribution is 6.74. The number of amides is 1. The second-order valence-electron chi connectivity index (χ2n) is 8.88. The van der Waals surface area contributed by atoms with Gasteiger partial charge in [-0.2, -0.15) is 0 Å². The zero-order chi connectivity index (χ0) is 16.3. The van der Waals surface area contributed by atoms with Crippen LogP contribution in [0.15, 0.2) is 0 Å². The highest BCUT2D eigenvalue weighted by Gasteiger charge is 2.57. The van der Waals surface area contributed by atoms with Crippen molar-refractivity contribution in [2.75, 3.05) is 0 Å². The lowest BCUT2D eigenvalue weighted by Gasteiger charge is -2.48. The van der Waals surface area contributed by atoms with Gasteiger partial charge in [0.25, 0.3) is 0 Å². The van der Waals surface area contributed by atoms with Crippen molar-refractivity contribution in [1.29, 1.82) is 0 Å². The molecule has 0 aromatic carbocycles. The van der Waals surface area contributed by atoms with Gasteiger partial charge in [-0.3, -0.25) is 4.79 Å². The van der Waals surface area contributed by atoms with E-state index in [1.165, 1.54) is 19.3 Å². The number of carbonyl (C=O) groups excluding carboxylic acids is 1. The Labute approximate surface area is 135 Å². The Morgan fingerprint density at radius 2 is 2.00 bits per heavy atom. The Morgan fingerprint density at radius 3 is 2.59 bits per heavy atom. The maximum Gasteiger partial charge on any atom is 0.228 e. The lowest BCUT2D eigenvalue weighted by atomic mass is 9.72. The van der Waals surface area contributed by atoms with E-state index in [9.17, 15) is 4.79 Å². The molecule has 1 amide bonds. The van der Waals surface area contributed by atoms with Crippen LogP contribution in [-0.2, 0) is 14.0 Å². The zero-order valence-electron chi connectivity index (χ0n) is 14.8. The summed E-state index contributed by atoms with van der Waals surface area (Å²) in [5, 5.41) is 3.31. The van der Waals surface area contributed by atoms with E-state index in [-0.39, 0.29) is 29.0 Å². The van der Waals surface area contributed by atoms with Crippen LogP contribution in [0.4, 0.5) is 0 Å². The Hall–Kier alpha value is -0.393. The molecule has 1 aliphatic carbocycles. The third-order valence-corrected chi connectivity index (χ3v) is 10.9. The third-order valence-electron chi connectivity index (χ3n) is 6.32. The van der Waals surface area contributed by atoms with Gasteiger partial charge >= 0.3 is 0 Å². The molecular formula is C17H31NO3Si. The van der Waals surface area contributed by atoms with Crippen molar-refractivity contribution in [2.45, 2.75) is 89.4 Å². The van der Waals surface area contributed by atoms with E-state index >= 15 is 0 Å². The van der Waals surface area contributed by atoms with Crippen molar-refractivity contribution in [3.63, 3.8) is 0 Å². The van der Waals surface area contributed by atoms with Crippen molar-refractivity contribution in [3.8, 4) is 0 Å². The number of nitrogens with one attached hydrogen (secondary N) is 1. The smallest absolute Gasteiger partial charge is 0.228 e. The number of carbonyl (C=O) groups is 1. The number of β-lactam (4-membered cyclic amide) rings is 1. The maximum absolute atomic E-state index is 12.2. The number of hydrogen-bond acceptors (Lipinski definition) is 3. The standard InChI is InChI=1S/C17H31NO3Si/c1-10(21-22(5,6)17(2,3)4)13-14(18-16(13)19)11-8-7-9-12-15(11)20-12/h10-15H,7-9H2,1-6H3,(H,18,19)/t10-,11+,12+,13-,14-,15-/m1/s1. The molecule has 126 valence electrons. The molecule has 2 heterocycles. The summed E-state index contributed by atoms with van der Waals surface area (Å²) in [5.41, 5.74) is 0. The first-order valence-electron chi connectivity index (χ1n) is 8.75. The van der Waals surface area contributed by atoms with Gasteiger partial charge in [-0.25, -0.2) is 0 Å². The molecular weight excluding hydrogens is 294 g/mol. The number of rotatable bonds is 4. The van der Waals surface area contributed by atoms with E-state index in [0.29, 0.717) is 18.1 Å². The molecule has 4 nitrogen and oxygen atoms in total. The van der Waals surface area contributed by atoms with Gasteiger partial charge in [0.15, 0.2) is 8.32 Å². The monoisotopic (exact) mass is 325 g/mol. The van der Waals surface area contributed by atoms with E-state index in [1.54, 1.807) is 0 Å². The molecule has 3 aliphatic rings. The Kier molecular flexibility index (Phi) is 3.98. The molecule has 22 heavy (non-hydrogen) atoms. The van der Waals surface area contributed by atoms with E-state index in [0.717, 1.165) is 0 Å². The SMILES string of the molecule is C[C@@H](O[Si](C)(C)C(C)(C)C)[C@H]1C(=O)N[C@@H]1[C@@H]1CCC[C@@H]2O[C@H]12. The quantitative estimate of drug-likeness (QED) is 0.491. The van der Waals surface area contributed by atoms with Gasteiger partial charge in [-0.15, -0.1) is 0 Å². The predicted molar refractivity (Wildman–Crippen MR) is 89.2 cm³/mol. The number of ether oxygens (including phenoxy) is 1. The fourth-order valence-electron chi connectivity index (χ4n) is 3.88. The van der Waals surface area contributed by atoms with Gasteiger partial charge in [-0.1, -0.05) is 27.2 Å². The van der Waals surface area contributed by atoms with Gasteiger partial charge in [0.05, 0.1) is 24.2 Å². The highest BCUT2D eigenvalue weighted by atomic mass is 28.4. The van der Waals surface area contributed by atoms with Gasteiger partial charge in [-0.05, 0) is 37.9 Å². The predicted octanol–water partition coefficient (Wildman–Crippen LogP) is 3.08. The summed E-state index contributed by atoms with van der Waals surface area (Å²) >= 11 is 0. The van der Waals surface area contributed by atoms with Crippen molar-refractivity contribution < 1.29 is 14.0 Å². The molecule has 1 N–H and O–H groups in total. The van der Waals surface area contributed by atoms with Crippen LogP contribution < -0.4 is 5.32 Å². The maximum atomic E-state index is 12.2. The number of hydrogen-bond donors (Lipinski definition) is 1. The van der Waals surface area contributed by atoms with Crippen molar-refractivity contribution >= 4 is 14.2 Å². The molecule has 2 aliphatic heterocycles. The van der Waals surface area contributed by atoms with Crippen LogP contribution in [0.5, 0.6) is 0 Å². The molecule has 0 radical (unpaired) electrons. The average Bonchev–Trinajstić information content (AvgIpc) is 3.12. The van der Waals surface area contributed by atoms with Crippen molar-refractivity contribution in [2.24, 2.45) is 11.8 Å². The fourth-order valence-corrected chi connectivity index (χ4v) is 5.31. The molecule has 0 bridgehead atoms. The van der Waals surface area contributed by atoms with Crippen LogP contribution >= 0.6 is 0 Å². The second kappa shape index (κ2) is 5.31. The number of epoxide rings is 1. The van der Waals surface area contributed by atoms with Gasteiger partial charge in [0.1, 0.15) is 0 Å². The summed E-state index contributed by atoms with van der Waals surface area (Å²) < 4.78 is 12.3. The lowest BCUT2D eigenvalue weighted by Crippen LogP contribution is -2.67. The minimum Gasteiger partial charge on any atom is -0.413 e. The minimum atomic E-state index is -1.84. The van der Waals surface area contributed by atoms with Crippen LogP contribution in [0.3, 0.4) is 0 Å². The normalized spacial score (nSPS) is 39.5. The fraction of sp³-hybridized carbons (Fsp3) is 0.941. The van der Waals surface area contributed by atoms with Gasteiger partial charge < -0.3 is 14.5 Å². The molecule has 5 heteroatoms. The highest BCUT2D eigenvalue weighted by Crippen LogP contribution is 2.46. The summed E-state index contributed by atoms with van der Waals surface area (Å²) in [6, 6.07) is 0.252. The van der Waals surface area contributed by atoms with E-state index in [1.807, 2.05) is 0 Å². The van der Waals surface area contributed by atoms with Crippen LogP contribution in [0.25, 0.3) is 0 Å². The average molecular weight is 326 g/mol. The summed E-state index contributed by atoms with van der Waals surface area (Å²) in [4.78, 5) is 12.2. The summed E-state index contributed by atoms with van der Waals surface area (Å²) in [6.07, 6.45) is 4.45. The van der Waals surface area contributed by atoms with Gasteiger partial charge in [0, 0.05) is 12.0 Å². The first kappa shape index (κ1) is 16.5. The van der Waals surface area contributed by atoms with Crippen molar-refractivity contribution in [3.05, 3.63) is 0 Å². The summed E-state index contributed by atoms with van der Waals surface area (Å²) in [7, 11) is -1.84. The summed E-state index contributed by atoms with van der Waals surface area (Å²) in [5.74, 6) is 0.660. The van der Waals surface area contributed by atoms with E-state index in [4.69, 9.17) is 9.16 Å². The largest absolute Gasteiger partial charge is 0.413 e. The second-order valence-corrected chi connectivity index (χ2v) is 13.6. The number of fused-ring (bicyclic) bond motifs is 1. The summed E-state index contributed by atoms with van der Waals surface area (Å²) in [6.45, 7) is 13.3. The molecule has 0 unspecified atom stereocenters. The molecule has 0 aromatic rings. The molecule has 1 saturated carbocycles. The first-order chi connectivity index (χ1) is 10.1. The van der Waals surface area contributed by atoms with Crippen LogP contribution in [0, 0.1) is 11.8 Å². The van der Waals surface area contributed by atoms with Crippen LogP contribution in [-0.4, -0.2) is 38.6 Å². The molecule has 2 saturated heterocycles. The molecule has 0 aromatic heterocycles. The van der Waals surface area contributed by atoms with Crippen LogP contribution in [0.2, 0.25) is 18.1 Å². The molecule has 3 fully saturated rings. The minimum absolute atomic E-state index is 0.00114.